The summed E-state index contributed by atoms with van der Waals surface area (Å²) in [7, 11) is 0. The molecule has 1 nitrogen and oxygen atoms in total. The van der Waals surface area contributed by atoms with Gasteiger partial charge in [0.25, 0.3) is 14.1 Å². The van der Waals surface area contributed by atoms with Crippen LogP contribution >= 0.6 is 0 Å². The van der Waals surface area contributed by atoms with Crippen molar-refractivity contribution >= 4 is 14.1 Å². The van der Waals surface area contributed by atoms with Crippen LogP contribution in [-0.4, -0.2) is 20.2 Å². The molecule has 0 amide bonds. The normalized spacial score (nSPS) is 16.5. The maximum atomic E-state index is 5.22. The highest BCUT2D eigenvalue weighted by Gasteiger charge is 2.13. The molecule has 0 saturated heterocycles. The van der Waals surface area contributed by atoms with E-state index in [1.54, 1.807) is 0 Å². The summed E-state index contributed by atoms with van der Waals surface area (Å²) in [4.78, 5) is 0. The highest BCUT2D eigenvalue weighted by atomic mass is 27.2. The standard InChI is InChI=1S/C3H7N.3CH3.Al/c4-3-1-2-3;;;;/h3H,1-2,4H2;3*1H3;. The van der Waals surface area contributed by atoms with E-state index in [-0.39, 0.29) is 14.1 Å². The van der Waals surface area contributed by atoms with Gasteiger partial charge in [-0.25, -0.2) is 0 Å². The summed E-state index contributed by atoms with van der Waals surface area (Å²) in [6.07, 6.45) is 2.53. The van der Waals surface area contributed by atoms with E-state index < -0.39 is 0 Å². The molecule has 0 aromatic rings. The zero-order valence-corrected chi connectivity index (χ0v) is 7.30. The zero-order chi connectivity index (χ0) is 6.57. The van der Waals surface area contributed by atoms with Crippen LogP contribution in [0.15, 0.2) is 0 Å². The smallest absolute Gasteiger partial charge is 0.251 e. The van der Waals surface area contributed by atoms with Crippen molar-refractivity contribution in [3.8, 4) is 0 Å². The number of nitrogens with two attached hydrogens (primary N) is 1. The predicted molar refractivity (Wildman–Crippen MR) is 40.6 cm³/mol. The second-order valence-electron chi connectivity index (χ2n) is 3.07. The molecule has 2 heteroatoms. The molecule has 0 aromatic carbocycles. The first-order valence-electron chi connectivity index (χ1n) is 3.38. The second-order valence-corrected chi connectivity index (χ2v) is 6.53. The summed E-state index contributed by atoms with van der Waals surface area (Å²) in [5.41, 5.74) is 5.22. The quantitative estimate of drug-likeness (QED) is 0.492. The summed E-state index contributed by atoms with van der Waals surface area (Å²) in [6, 6.07) is 0.583. The van der Waals surface area contributed by atoms with Crippen LogP contribution in [0.1, 0.15) is 12.8 Å². The summed E-state index contributed by atoms with van der Waals surface area (Å²) in [6.45, 7) is 0. The van der Waals surface area contributed by atoms with Gasteiger partial charge in [0.15, 0.2) is 0 Å². The molecule has 0 atom stereocenters. The molecule has 0 heterocycles. The number of hydrogen-bond acceptors (Lipinski definition) is 1. The van der Waals surface area contributed by atoms with E-state index in [1.165, 1.54) is 12.8 Å². The van der Waals surface area contributed by atoms with E-state index in [2.05, 4.69) is 17.4 Å². The monoisotopic (exact) mass is 129 g/mol. The zero-order valence-electron chi connectivity index (χ0n) is 6.15. The van der Waals surface area contributed by atoms with Gasteiger partial charge >= 0.3 is 0 Å². The lowest BCUT2D eigenvalue weighted by molar-refractivity contribution is 1.07. The summed E-state index contributed by atoms with van der Waals surface area (Å²) in [5.74, 6) is 6.92. The van der Waals surface area contributed by atoms with Crippen molar-refractivity contribution in [3.05, 3.63) is 0 Å². The minimum absolute atomic E-state index is 0.139. The molecule has 1 saturated carbocycles. The first kappa shape index (κ1) is 8.49. The summed E-state index contributed by atoms with van der Waals surface area (Å²) >= 11 is -0.139. The van der Waals surface area contributed by atoms with Gasteiger partial charge in [0.1, 0.15) is 0 Å². The lowest BCUT2D eigenvalue weighted by atomic mass is 10.8. The van der Waals surface area contributed by atoms with E-state index in [0.29, 0.717) is 6.04 Å². The van der Waals surface area contributed by atoms with Crippen LogP contribution in [0, 0.1) is 0 Å². The largest absolute Gasteiger partial charge is 0.328 e. The van der Waals surface area contributed by atoms with Crippen LogP contribution in [0.25, 0.3) is 0 Å². The molecular weight excluding hydrogens is 113 g/mol. The van der Waals surface area contributed by atoms with Crippen molar-refractivity contribution in [1.29, 1.82) is 0 Å². The van der Waals surface area contributed by atoms with Crippen LogP contribution in [0.3, 0.4) is 0 Å². The molecule has 1 fully saturated rings. The van der Waals surface area contributed by atoms with E-state index in [4.69, 9.17) is 5.73 Å². The Morgan fingerprint density at radius 3 is 1.38 bits per heavy atom. The highest BCUT2D eigenvalue weighted by Crippen LogP contribution is 2.13. The van der Waals surface area contributed by atoms with Crippen LogP contribution in [-0.2, 0) is 0 Å². The molecule has 48 valence electrons. The molecule has 0 radical (unpaired) electrons. The van der Waals surface area contributed by atoms with Crippen LogP contribution in [0.5, 0.6) is 0 Å². The van der Waals surface area contributed by atoms with Gasteiger partial charge in [0.05, 0.1) is 0 Å². The molecule has 0 aromatic heterocycles. The third-order valence-corrected chi connectivity index (χ3v) is 0.622. The van der Waals surface area contributed by atoms with Gasteiger partial charge in [-0.15, -0.1) is 17.4 Å². The molecule has 1 aliphatic carbocycles. The van der Waals surface area contributed by atoms with Crippen molar-refractivity contribution in [2.45, 2.75) is 36.2 Å². The van der Waals surface area contributed by atoms with Gasteiger partial charge < -0.3 is 5.73 Å². The minimum atomic E-state index is -0.139. The van der Waals surface area contributed by atoms with E-state index in [1.807, 2.05) is 0 Å². The molecule has 1 aliphatic rings. The van der Waals surface area contributed by atoms with Crippen molar-refractivity contribution in [2.24, 2.45) is 5.73 Å². The fraction of sp³-hybridized carbons (Fsp3) is 1.00. The van der Waals surface area contributed by atoms with Gasteiger partial charge in [0.2, 0.25) is 0 Å². The van der Waals surface area contributed by atoms with E-state index in [9.17, 15) is 0 Å². The molecule has 8 heavy (non-hydrogen) atoms. The maximum Gasteiger partial charge on any atom is 0.251 e. The van der Waals surface area contributed by atoms with E-state index >= 15 is 0 Å². The van der Waals surface area contributed by atoms with Gasteiger partial charge in [-0.1, -0.05) is 0 Å². The molecule has 0 aliphatic heterocycles. The maximum absolute atomic E-state index is 5.22. The van der Waals surface area contributed by atoms with Crippen molar-refractivity contribution in [3.63, 3.8) is 0 Å². The van der Waals surface area contributed by atoms with Gasteiger partial charge in [-0.05, 0) is 12.8 Å². The Hall–Kier alpha value is 0.492. The Labute approximate surface area is 56.7 Å². The fourth-order valence-corrected chi connectivity index (χ4v) is 0.0962. The predicted octanol–water partition coefficient (Wildman–Crippen LogP) is 1.48. The number of rotatable bonds is 0. The minimum Gasteiger partial charge on any atom is -0.328 e. The molecule has 0 unspecified atom stereocenters. The highest BCUT2D eigenvalue weighted by molar-refractivity contribution is 6.54. The van der Waals surface area contributed by atoms with Crippen molar-refractivity contribution < 1.29 is 0 Å². The molecule has 0 spiro atoms. The lowest BCUT2D eigenvalue weighted by Gasteiger charge is -1.67. The Morgan fingerprint density at radius 2 is 1.38 bits per heavy atom. The summed E-state index contributed by atoms with van der Waals surface area (Å²) in [5, 5.41) is 0. The van der Waals surface area contributed by atoms with Crippen molar-refractivity contribution in [2.75, 3.05) is 0 Å². The fourth-order valence-electron chi connectivity index (χ4n) is 0.0962. The second kappa shape index (κ2) is 4.38. The van der Waals surface area contributed by atoms with Gasteiger partial charge in [0, 0.05) is 6.04 Å². The SMILES string of the molecule is NC1CC1.[CH3][Al]([CH3])[CH3]. The van der Waals surface area contributed by atoms with Gasteiger partial charge in [-0.3, -0.25) is 0 Å². The molecule has 2 N–H and O–H groups in total. The third kappa shape index (κ3) is 16.1. The molecule has 1 rings (SSSR count). The van der Waals surface area contributed by atoms with E-state index in [0.717, 1.165) is 0 Å². The topological polar surface area (TPSA) is 26.0 Å². The lowest BCUT2D eigenvalue weighted by Crippen LogP contribution is -1.94. The Morgan fingerprint density at radius 1 is 1.25 bits per heavy atom. The Kier molecular flexibility index (Phi) is 4.65. The molecule has 0 bridgehead atoms. The first-order chi connectivity index (χ1) is 3.63. The number of hydrogen-bond donors (Lipinski definition) is 1. The van der Waals surface area contributed by atoms with Crippen LogP contribution < -0.4 is 5.73 Å². The van der Waals surface area contributed by atoms with Crippen molar-refractivity contribution in [1.82, 2.24) is 0 Å². The third-order valence-electron chi connectivity index (χ3n) is 0.622. The molecular formula is C6H16AlN. The Bertz CT molecular complexity index is 47.7. The average molecular weight is 129 g/mol. The average Bonchev–Trinajstić information content (AvgIpc) is 2.19. The van der Waals surface area contributed by atoms with Crippen LogP contribution in [0.2, 0.25) is 17.4 Å². The first-order valence-corrected chi connectivity index (χ1v) is 6.85. The van der Waals surface area contributed by atoms with Gasteiger partial charge in [-0.2, -0.15) is 0 Å². The summed E-state index contributed by atoms with van der Waals surface area (Å²) < 4.78 is 0. The Balaban J connectivity index is 0.000000122. The van der Waals surface area contributed by atoms with Crippen LogP contribution in [0.4, 0.5) is 0 Å².